The van der Waals surface area contributed by atoms with Gasteiger partial charge in [0.15, 0.2) is 6.10 Å². The molecular formula is C19H21ClN2O4. The van der Waals surface area contributed by atoms with E-state index in [-0.39, 0.29) is 18.4 Å². The highest BCUT2D eigenvalue weighted by Gasteiger charge is 2.15. The predicted octanol–water partition coefficient (Wildman–Crippen LogP) is 3.64. The molecule has 138 valence electrons. The highest BCUT2D eigenvalue weighted by Crippen LogP contribution is 2.22. The van der Waals surface area contributed by atoms with Gasteiger partial charge in [0.05, 0.1) is 0 Å². The average Bonchev–Trinajstić information content (AvgIpc) is 2.58. The zero-order chi connectivity index (χ0) is 19.1. The molecule has 0 saturated carbocycles. The van der Waals surface area contributed by atoms with Crippen LogP contribution < -0.4 is 15.4 Å². The van der Waals surface area contributed by atoms with Crippen molar-refractivity contribution in [2.45, 2.75) is 20.0 Å². The maximum atomic E-state index is 12.3. The van der Waals surface area contributed by atoms with Crippen LogP contribution in [0.15, 0.2) is 42.5 Å². The number of anilines is 2. The van der Waals surface area contributed by atoms with Crippen molar-refractivity contribution in [2.24, 2.45) is 0 Å². The Morgan fingerprint density at radius 3 is 2.46 bits per heavy atom. The van der Waals surface area contributed by atoms with Crippen LogP contribution in [-0.4, -0.2) is 31.6 Å². The number of methoxy groups -OCH3 is 1. The number of carbonyl (C=O) groups excluding carboxylic acids is 2. The van der Waals surface area contributed by atoms with Gasteiger partial charge in [-0.25, -0.2) is 0 Å². The predicted molar refractivity (Wildman–Crippen MR) is 102 cm³/mol. The lowest BCUT2D eigenvalue weighted by Crippen LogP contribution is -2.30. The Kier molecular flexibility index (Phi) is 7.00. The second kappa shape index (κ2) is 9.22. The summed E-state index contributed by atoms with van der Waals surface area (Å²) in [6, 6.07) is 12.0. The Hall–Kier alpha value is -2.57. The minimum Gasteiger partial charge on any atom is -0.481 e. The molecular weight excluding hydrogens is 356 g/mol. The first-order valence-electron chi connectivity index (χ1n) is 8.01. The first-order valence-corrected chi connectivity index (χ1v) is 8.39. The van der Waals surface area contributed by atoms with Crippen molar-refractivity contribution in [2.75, 3.05) is 24.4 Å². The molecule has 0 bridgehead atoms. The first-order chi connectivity index (χ1) is 12.4. The molecule has 0 saturated heterocycles. The lowest BCUT2D eigenvalue weighted by Gasteiger charge is -2.16. The molecule has 2 amide bonds. The number of rotatable bonds is 7. The topological polar surface area (TPSA) is 76.7 Å². The van der Waals surface area contributed by atoms with E-state index in [4.69, 9.17) is 21.1 Å². The molecule has 0 heterocycles. The number of aryl methyl sites for hydroxylation is 1. The number of halogens is 1. The van der Waals surface area contributed by atoms with E-state index in [2.05, 4.69) is 10.6 Å². The standard InChI is InChI=1S/C19H21ClN2O4/c1-12-9-16(7-8-17(12)20)26-13(2)19(24)22-15-6-4-5-14(10-15)21-18(23)11-25-3/h4-10,13H,11H2,1-3H3,(H,21,23)(H,22,24). The maximum Gasteiger partial charge on any atom is 0.265 e. The Morgan fingerprint density at radius 1 is 1.12 bits per heavy atom. The third-order valence-corrected chi connectivity index (χ3v) is 3.92. The van der Waals surface area contributed by atoms with Gasteiger partial charge in [-0.1, -0.05) is 17.7 Å². The van der Waals surface area contributed by atoms with Gasteiger partial charge < -0.3 is 20.1 Å². The van der Waals surface area contributed by atoms with Gasteiger partial charge in [0.25, 0.3) is 5.91 Å². The molecule has 0 aliphatic rings. The molecule has 6 nitrogen and oxygen atoms in total. The fourth-order valence-corrected chi connectivity index (χ4v) is 2.31. The number of amides is 2. The number of hydrogen-bond donors (Lipinski definition) is 2. The molecule has 2 rings (SSSR count). The van der Waals surface area contributed by atoms with Gasteiger partial charge in [-0.15, -0.1) is 0 Å². The highest BCUT2D eigenvalue weighted by atomic mass is 35.5. The van der Waals surface area contributed by atoms with Crippen LogP contribution in [0.1, 0.15) is 12.5 Å². The summed E-state index contributed by atoms with van der Waals surface area (Å²) in [7, 11) is 1.44. The Balaban J connectivity index is 1.97. The molecule has 26 heavy (non-hydrogen) atoms. The normalized spacial score (nSPS) is 11.5. The van der Waals surface area contributed by atoms with Crippen LogP contribution in [0.2, 0.25) is 5.02 Å². The van der Waals surface area contributed by atoms with E-state index in [1.165, 1.54) is 7.11 Å². The van der Waals surface area contributed by atoms with Crippen molar-refractivity contribution in [1.29, 1.82) is 0 Å². The quantitative estimate of drug-likeness (QED) is 0.773. The number of carbonyl (C=O) groups is 2. The van der Waals surface area contributed by atoms with E-state index in [0.717, 1.165) is 5.56 Å². The Morgan fingerprint density at radius 2 is 1.81 bits per heavy atom. The molecule has 0 radical (unpaired) electrons. The molecule has 0 fully saturated rings. The molecule has 0 spiro atoms. The van der Waals surface area contributed by atoms with Crippen molar-refractivity contribution in [3.05, 3.63) is 53.1 Å². The molecule has 0 aliphatic heterocycles. The van der Waals surface area contributed by atoms with E-state index in [9.17, 15) is 9.59 Å². The van der Waals surface area contributed by atoms with Gasteiger partial charge in [-0.3, -0.25) is 9.59 Å². The SMILES string of the molecule is COCC(=O)Nc1cccc(NC(=O)C(C)Oc2ccc(Cl)c(C)c2)c1. The maximum absolute atomic E-state index is 12.3. The fourth-order valence-electron chi connectivity index (χ4n) is 2.19. The third kappa shape index (κ3) is 5.75. The molecule has 2 aromatic carbocycles. The monoisotopic (exact) mass is 376 g/mol. The van der Waals surface area contributed by atoms with Gasteiger partial charge in [-0.2, -0.15) is 0 Å². The van der Waals surface area contributed by atoms with Crippen molar-refractivity contribution in [3.63, 3.8) is 0 Å². The second-order valence-electron chi connectivity index (χ2n) is 5.72. The third-order valence-electron chi connectivity index (χ3n) is 3.50. The van der Waals surface area contributed by atoms with Crippen LogP contribution >= 0.6 is 11.6 Å². The molecule has 0 aromatic heterocycles. The number of ether oxygens (including phenoxy) is 2. The average molecular weight is 377 g/mol. The minimum atomic E-state index is -0.706. The minimum absolute atomic E-state index is 0.0397. The van der Waals surface area contributed by atoms with Crippen molar-refractivity contribution in [1.82, 2.24) is 0 Å². The van der Waals surface area contributed by atoms with E-state index in [0.29, 0.717) is 22.1 Å². The van der Waals surface area contributed by atoms with Gasteiger partial charge in [0.1, 0.15) is 12.4 Å². The van der Waals surface area contributed by atoms with E-state index < -0.39 is 6.10 Å². The van der Waals surface area contributed by atoms with Gasteiger partial charge >= 0.3 is 0 Å². The highest BCUT2D eigenvalue weighted by molar-refractivity contribution is 6.31. The largest absolute Gasteiger partial charge is 0.481 e. The van der Waals surface area contributed by atoms with Crippen molar-refractivity contribution >= 4 is 34.8 Å². The molecule has 1 atom stereocenters. The van der Waals surface area contributed by atoms with Crippen LogP contribution in [0.4, 0.5) is 11.4 Å². The summed E-state index contributed by atoms with van der Waals surface area (Å²) in [6.07, 6.45) is -0.706. The fraction of sp³-hybridized carbons (Fsp3) is 0.263. The molecule has 2 N–H and O–H groups in total. The summed E-state index contributed by atoms with van der Waals surface area (Å²) in [5.74, 6) is -0.0149. The van der Waals surface area contributed by atoms with Crippen LogP contribution in [0, 0.1) is 6.92 Å². The van der Waals surface area contributed by atoms with E-state index in [1.54, 1.807) is 49.4 Å². The summed E-state index contributed by atoms with van der Waals surface area (Å²) in [5.41, 5.74) is 1.98. The number of hydrogen-bond acceptors (Lipinski definition) is 4. The van der Waals surface area contributed by atoms with Gasteiger partial charge in [0, 0.05) is 23.5 Å². The summed E-state index contributed by atoms with van der Waals surface area (Å²) >= 11 is 5.99. The van der Waals surface area contributed by atoms with E-state index >= 15 is 0 Å². The summed E-state index contributed by atoms with van der Waals surface area (Å²) in [4.78, 5) is 23.9. The van der Waals surface area contributed by atoms with Crippen LogP contribution in [0.3, 0.4) is 0 Å². The Labute approximate surface area is 157 Å². The van der Waals surface area contributed by atoms with Crippen LogP contribution in [0.5, 0.6) is 5.75 Å². The molecule has 1 unspecified atom stereocenters. The van der Waals surface area contributed by atoms with Crippen molar-refractivity contribution < 1.29 is 19.1 Å². The first kappa shape index (κ1) is 19.8. The molecule has 0 aliphatic carbocycles. The van der Waals surface area contributed by atoms with Crippen molar-refractivity contribution in [3.8, 4) is 5.75 Å². The van der Waals surface area contributed by atoms with Crippen LogP contribution in [-0.2, 0) is 14.3 Å². The summed E-state index contributed by atoms with van der Waals surface area (Å²) in [5, 5.41) is 6.08. The number of benzene rings is 2. The van der Waals surface area contributed by atoms with E-state index in [1.807, 2.05) is 6.92 Å². The second-order valence-corrected chi connectivity index (χ2v) is 6.13. The Bertz CT molecular complexity index is 795. The lowest BCUT2D eigenvalue weighted by molar-refractivity contribution is -0.122. The zero-order valence-electron chi connectivity index (χ0n) is 14.8. The molecule has 7 heteroatoms. The van der Waals surface area contributed by atoms with Gasteiger partial charge in [0.2, 0.25) is 5.91 Å². The smallest absolute Gasteiger partial charge is 0.265 e. The van der Waals surface area contributed by atoms with Crippen LogP contribution in [0.25, 0.3) is 0 Å². The lowest BCUT2D eigenvalue weighted by atomic mass is 10.2. The number of nitrogens with one attached hydrogen (secondary N) is 2. The summed E-state index contributed by atoms with van der Waals surface area (Å²) < 4.78 is 10.4. The summed E-state index contributed by atoms with van der Waals surface area (Å²) in [6.45, 7) is 3.48. The van der Waals surface area contributed by atoms with Gasteiger partial charge in [-0.05, 0) is 55.8 Å². The zero-order valence-corrected chi connectivity index (χ0v) is 15.6. The molecule has 2 aromatic rings.